The van der Waals surface area contributed by atoms with Gasteiger partial charge in [0.2, 0.25) is 0 Å². The van der Waals surface area contributed by atoms with Crippen LogP contribution < -0.4 is 21.2 Å². The quantitative estimate of drug-likeness (QED) is 0.0361. The van der Waals surface area contributed by atoms with Crippen LogP contribution in [-0.4, -0.2) is 8.25 Å². The van der Waals surface area contributed by atoms with E-state index in [1.807, 2.05) is 43.5 Å². The van der Waals surface area contributed by atoms with Gasteiger partial charge in [-0.25, -0.2) is 0 Å². The Morgan fingerprint density at radius 3 is 0.754 bits per heavy atom. The van der Waals surface area contributed by atoms with Crippen molar-refractivity contribution in [2.75, 3.05) is 0 Å². The summed E-state index contributed by atoms with van der Waals surface area (Å²) in [7, 11) is -1.06. The average molecular weight is 1010 g/mol. The standard InChI is InChI=1S/C61H87P2.C5H5.Ni/c1-9-17-30-48-34-25-42-56(52(48)38-21-13-5)62(57-43-26-35-49(31-18-10-2)53(57)39-22-14-6)60-46-29-47-61(60)63(58-44-27-36-50(32-19-11-3)54(58)40-23-15-7)59-45-28-37-51(33-20-12-4)55(59)41-24-16-8;1-2-4-5-3-1;/h25-29,34-37,42-47H,9-24,30-33,38-41H2,1-8H3;1-5H;. The Kier molecular flexibility index (Phi) is 7.57. The summed E-state index contributed by atoms with van der Waals surface area (Å²) in [5.74, 6) is 0. The molecule has 0 radical (unpaired) electrons. The Hall–Kier alpha value is -1.77. The van der Waals surface area contributed by atoms with E-state index in [9.17, 15) is 0 Å². The van der Waals surface area contributed by atoms with Crippen LogP contribution in [0.15, 0.2) is 72.8 Å². The van der Waals surface area contributed by atoms with E-state index < -0.39 is 22.1 Å². The summed E-state index contributed by atoms with van der Waals surface area (Å²) in [6, 6.07) is 32.5. The predicted molar refractivity (Wildman–Crippen MR) is 303 cm³/mol. The van der Waals surface area contributed by atoms with Crippen LogP contribution in [0.25, 0.3) is 0 Å². The Morgan fingerprint density at radius 2 is 0.551 bits per heavy atom. The van der Waals surface area contributed by atoms with Crippen molar-refractivity contribution < 1.29 is 6.23 Å². The van der Waals surface area contributed by atoms with Gasteiger partial charge in [-0.15, -0.1) is 0 Å². The third-order valence-electron chi connectivity index (χ3n) is 26.2. The molecule has 0 aromatic heterocycles. The fourth-order valence-electron chi connectivity index (χ4n) is 24.9. The van der Waals surface area contributed by atoms with E-state index in [1.54, 1.807) is 22.3 Å². The van der Waals surface area contributed by atoms with E-state index in [-0.39, 0.29) is 0 Å². The van der Waals surface area contributed by atoms with Crippen LogP contribution in [0.2, 0.25) is 39.1 Å². The summed E-state index contributed by atoms with van der Waals surface area (Å²) < 4.78 is 1.26. The molecule has 1 spiro atoms. The van der Waals surface area contributed by atoms with Crippen LogP contribution in [0, 0.1) is 0 Å². The minimum absolute atomic E-state index is 0.532. The Morgan fingerprint density at radius 1 is 0.319 bits per heavy atom. The van der Waals surface area contributed by atoms with Gasteiger partial charge in [0.25, 0.3) is 0 Å². The van der Waals surface area contributed by atoms with Crippen molar-refractivity contribution in [2.45, 2.75) is 257 Å². The Labute approximate surface area is 414 Å². The molecule has 0 amide bonds. The van der Waals surface area contributed by atoms with E-state index in [1.165, 1.54) is 193 Å². The van der Waals surface area contributed by atoms with Gasteiger partial charge in [0.15, 0.2) is 0 Å². The Balaban J connectivity index is 1.09. The molecule has 4 unspecified atom stereocenters. The van der Waals surface area contributed by atoms with Gasteiger partial charge >= 0.3 is 417 Å². The van der Waals surface area contributed by atoms with Crippen molar-refractivity contribution in [3.05, 3.63) is 117 Å². The molecule has 0 saturated carbocycles. The third-order valence-corrected chi connectivity index (χ3v) is 78.0. The normalized spacial score (nSPS) is 39.5. The molecule has 0 nitrogen and oxygen atoms in total. The van der Waals surface area contributed by atoms with Crippen LogP contribution in [0.3, 0.4) is 0 Å². The van der Waals surface area contributed by atoms with Gasteiger partial charge < -0.3 is 0 Å². The van der Waals surface area contributed by atoms with E-state index in [2.05, 4.69) is 128 Å². The monoisotopic (exact) mass is 1000 g/mol. The number of benzene rings is 4. The molecule has 0 bridgehead atoms. The summed E-state index contributed by atoms with van der Waals surface area (Å²) >= 11 is 0. The molecule has 10 saturated heterocycles. The first-order valence-electron chi connectivity index (χ1n) is 29.7. The van der Waals surface area contributed by atoms with Gasteiger partial charge in [-0.3, -0.25) is 0 Å². The molecule has 10 heterocycles. The number of hydrogen-bond donors (Lipinski definition) is 0. The topological polar surface area (TPSA) is 0 Å². The molecule has 0 aliphatic carbocycles. The number of rotatable bonds is 30. The fraction of sp³-hybridized carbons (Fsp3) is 0.636. The maximum absolute atomic E-state index is 4.16. The van der Waals surface area contributed by atoms with Crippen molar-refractivity contribution in [1.29, 1.82) is 0 Å². The molecular formula is C66H92NiP2. The van der Waals surface area contributed by atoms with E-state index >= 15 is 0 Å². The van der Waals surface area contributed by atoms with Crippen LogP contribution in [0.5, 0.6) is 0 Å². The van der Waals surface area contributed by atoms with E-state index in [0.717, 1.165) is 0 Å². The van der Waals surface area contributed by atoms with Gasteiger partial charge in [-0.05, 0) is 0 Å². The molecule has 3 heteroatoms. The number of aryl methyl sites for hydroxylation is 4. The number of unbranched alkanes of at least 4 members (excludes halogenated alkanes) is 8. The summed E-state index contributed by atoms with van der Waals surface area (Å²) in [4.78, 5) is 9.79. The minimum atomic E-state index is -4.16. The molecule has 0 N–H and O–H groups in total. The van der Waals surface area contributed by atoms with Crippen molar-refractivity contribution in [3.8, 4) is 0 Å². The second-order valence-corrected chi connectivity index (χ2v) is 52.2. The van der Waals surface area contributed by atoms with Gasteiger partial charge in [0.05, 0.1) is 0 Å². The molecule has 14 rings (SSSR count). The van der Waals surface area contributed by atoms with Crippen LogP contribution in [0.4, 0.5) is 0 Å². The Bertz CT molecular complexity index is 2720. The van der Waals surface area contributed by atoms with E-state index in [0.29, 0.717) is 8.25 Å². The third kappa shape index (κ3) is 2.35. The summed E-state index contributed by atoms with van der Waals surface area (Å²) in [5, 5.41) is 7.84. The van der Waals surface area contributed by atoms with Crippen molar-refractivity contribution in [2.24, 2.45) is 0 Å². The first-order valence-corrected chi connectivity index (χ1v) is 38.0. The molecule has 69 heavy (non-hydrogen) atoms. The number of hydrogen-bond acceptors (Lipinski definition) is 0. The fourth-order valence-corrected chi connectivity index (χ4v) is 118. The molecule has 10 fully saturated rings. The van der Waals surface area contributed by atoms with Gasteiger partial charge in [-0.2, -0.15) is 0 Å². The van der Waals surface area contributed by atoms with Gasteiger partial charge in [-0.1, -0.05) is 0 Å². The van der Waals surface area contributed by atoms with Gasteiger partial charge in [0.1, 0.15) is 0 Å². The molecule has 10 aliphatic heterocycles. The SMILES string of the molecule is CCCCc1cccc(P(c2cccc(CCCC)c2CCCC)[C]23[CH]4[CH]5[CH]6[C]2(P(c2cccc(CCCC)c2CCCC)c2cccc(CCCC)c2CCCC)[Ni]54632789[CH]3[CH]2[CH]7[CH]8[CH]39)c1CCCC. The van der Waals surface area contributed by atoms with Gasteiger partial charge in [0, 0.05) is 0 Å². The maximum atomic E-state index is 2.87. The molecule has 4 aromatic carbocycles. The van der Waals surface area contributed by atoms with Crippen molar-refractivity contribution >= 4 is 37.1 Å². The second kappa shape index (κ2) is 11.4. The van der Waals surface area contributed by atoms with Crippen LogP contribution >= 0.6 is 15.8 Å². The van der Waals surface area contributed by atoms with Crippen molar-refractivity contribution in [3.63, 3.8) is 0 Å². The second-order valence-electron chi connectivity index (χ2n) is 26.0. The molecule has 376 valence electrons. The summed E-state index contributed by atoms with van der Waals surface area (Å²) in [5.41, 5.74) is 14.5. The van der Waals surface area contributed by atoms with Crippen LogP contribution in [0.1, 0.15) is 203 Å². The molecule has 4 atom stereocenters. The molecule has 10 aliphatic rings. The molecule has 4 aromatic rings. The zero-order valence-corrected chi connectivity index (χ0v) is 47.5. The average Bonchev–Trinajstić information content (AvgIpc) is 4.33. The number of fused-ring (bicyclic) bond motifs is 10. The first-order chi connectivity index (χ1) is 33.7. The predicted octanol–water partition coefficient (Wildman–Crippen LogP) is 18.2. The van der Waals surface area contributed by atoms with Crippen LogP contribution in [-0.2, 0) is 57.6 Å². The summed E-state index contributed by atoms with van der Waals surface area (Å²) in [6.45, 7) is 19.6. The van der Waals surface area contributed by atoms with Crippen molar-refractivity contribution in [1.82, 2.24) is 0 Å². The zero-order valence-electron chi connectivity index (χ0n) is 44.7. The summed E-state index contributed by atoms with van der Waals surface area (Å²) in [6.07, 6.45) is 27.1. The first kappa shape index (κ1) is 45.8. The van der Waals surface area contributed by atoms with E-state index in [4.69, 9.17) is 0 Å². The zero-order chi connectivity index (χ0) is 47.5. The molecular weight excluding hydrogens is 913 g/mol.